The lowest BCUT2D eigenvalue weighted by atomic mass is 9.43. The summed E-state index contributed by atoms with van der Waals surface area (Å²) in [5.41, 5.74) is 5.56. The molecule has 1 aromatic carbocycles. The van der Waals surface area contributed by atoms with Gasteiger partial charge in [0.25, 0.3) is 0 Å². The topological polar surface area (TPSA) is 20.2 Å². The molecule has 0 amide bonds. The molecule has 0 aliphatic heterocycles. The number of hydrogen-bond acceptors (Lipinski definition) is 1. The van der Waals surface area contributed by atoms with Crippen LogP contribution in [-0.2, 0) is 11.8 Å². The highest BCUT2D eigenvalue weighted by Crippen LogP contribution is 2.67. The molecule has 0 radical (unpaired) electrons. The van der Waals surface area contributed by atoms with E-state index in [1.807, 2.05) is 6.07 Å². The average molecular weight is 312 g/mol. The standard InChI is InChI=1S/C22H32O/c1-14-11-16(23)12-15-13-18-21(4)9-6-8-20(2,3)17(21)7-10-22(18,5)19(14)15/h11-12,17-18,23H,6-10,13H2,1-5H3/t17-,18+,21-,22+/m1/s1. The minimum atomic E-state index is 0.311. The predicted octanol–water partition coefficient (Wildman–Crippen LogP) is 5.76. The van der Waals surface area contributed by atoms with E-state index in [4.69, 9.17) is 0 Å². The van der Waals surface area contributed by atoms with E-state index >= 15 is 0 Å². The van der Waals surface area contributed by atoms with Crippen LogP contribution in [0.3, 0.4) is 0 Å². The maximum Gasteiger partial charge on any atom is 0.116 e. The second-order valence-corrected chi connectivity index (χ2v) is 9.91. The Bertz CT molecular complexity index is 658. The molecule has 23 heavy (non-hydrogen) atoms. The first-order valence-corrected chi connectivity index (χ1v) is 9.51. The molecule has 3 aliphatic rings. The molecule has 1 nitrogen and oxygen atoms in total. The van der Waals surface area contributed by atoms with Gasteiger partial charge >= 0.3 is 0 Å². The number of rotatable bonds is 0. The molecule has 0 saturated heterocycles. The molecule has 1 N–H and O–H groups in total. The molecule has 1 heteroatoms. The van der Waals surface area contributed by atoms with E-state index in [-0.39, 0.29) is 0 Å². The molecule has 4 atom stereocenters. The fourth-order valence-corrected chi connectivity index (χ4v) is 7.45. The van der Waals surface area contributed by atoms with Gasteiger partial charge in [-0.15, -0.1) is 0 Å². The highest BCUT2D eigenvalue weighted by Gasteiger charge is 2.61. The fourth-order valence-electron chi connectivity index (χ4n) is 7.45. The first-order valence-electron chi connectivity index (χ1n) is 9.51. The first-order chi connectivity index (χ1) is 10.7. The quantitative estimate of drug-likeness (QED) is 0.646. The van der Waals surface area contributed by atoms with Crippen LogP contribution in [-0.4, -0.2) is 5.11 Å². The highest BCUT2D eigenvalue weighted by atomic mass is 16.3. The number of hydrogen-bond donors (Lipinski definition) is 1. The minimum Gasteiger partial charge on any atom is -0.508 e. The van der Waals surface area contributed by atoms with Crippen LogP contribution in [0.25, 0.3) is 0 Å². The van der Waals surface area contributed by atoms with Crippen molar-refractivity contribution in [2.75, 3.05) is 0 Å². The second kappa shape index (κ2) is 4.55. The van der Waals surface area contributed by atoms with Crippen molar-refractivity contribution in [1.82, 2.24) is 0 Å². The molecule has 2 saturated carbocycles. The summed E-state index contributed by atoms with van der Waals surface area (Å²) < 4.78 is 0. The number of phenolic OH excluding ortho intramolecular Hbond substituents is 1. The van der Waals surface area contributed by atoms with Crippen LogP contribution >= 0.6 is 0 Å². The zero-order valence-corrected chi connectivity index (χ0v) is 15.5. The lowest BCUT2D eigenvalue weighted by Gasteiger charge is -2.61. The number of phenols is 1. The van der Waals surface area contributed by atoms with Gasteiger partial charge in [-0.2, -0.15) is 0 Å². The maximum atomic E-state index is 10.1. The Morgan fingerprint density at radius 3 is 2.48 bits per heavy atom. The summed E-state index contributed by atoms with van der Waals surface area (Å²) in [6.45, 7) is 12.3. The molecular weight excluding hydrogens is 280 g/mol. The van der Waals surface area contributed by atoms with Crippen molar-refractivity contribution in [3.63, 3.8) is 0 Å². The molecule has 0 aromatic heterocycles. The Kier molecular flexibility index (Phi) is 3.08. The SMILES string of the molecule is Cc1cc(O)cc2c1[C@@]1(C)CC[C@@H]3C(C)(C)CCC[C@@]3(C)[C@@H]1C2. The Balaban J connectivity index is 1.84. The van der Waals surface area contributed by atoms with E-state index in [1.165, 1.54) is 49.7 Å². The fraction of sp³-hybridized carbons (Fsp3) is 0.727. The molecule has 0 bridgehead atoms. The van der Waals surface area contributed by atoms with Crippen LogP contribution in [0.2, 0.25) is 0 Å². The zero-order valence-electron chi connectivity index (χ0n) is 15.5. The smallest absolute Gasteiger partial charge is 0.116 e. The Morgan fingerprint density at radius 1 is 1.00 bits per heavy atom. The molecule has 0 unspecified atom stereocenters. The molecule has 126 valence electrons. The summed E-state index contributed by atoms with van der Waals surface area (Å²) in [7, 11) is 0. The van der Waals surface area contributed by atoms with Crippen LogP contribution in [0.1, 0.15) is 76.5 Å². The van der Waals surface area contributed by atoms with E-state index < -0.39 is 0 Å². The van der Waals surface area contributed by atoms with Crippen molar-refractivity contribution in [3.8, 4) is 5.75 Å². The van der Waals surface area contributed by atoms with Gasteiger partial charge in [0.2, 0.25) is 0 Å². The van der Waals surface area contributed by atoms with Crippen molar-refractivity contribution >= 4 is 0 Å². The molecular formula is C22H32O. The predicted molar refractivity (Wildman–Crippen MR) is 95.9 cm³/mol. The summed E-state index contributed by atoms with van der Waals surface area (Å²) in [5, 5.41) is 10.1. The second-order valence-electron chi connectivity index (χ2n) is 9.91. The summed E-state index contributed by atoms with van der Waals surface area (Å²) in [6, 6.07) is 4.03. The van der Waals surface area contributed by atoms with Crippen LogP contribution in [0.5, 0.6) is 5.75 Å². The molecule has 4 rings (SSSR count). The Morgan fingerprint density at radius 2 is 1.74 bits per heavy atom. The van der Waals surface area contributed by atoms with Crippen LogP contribution in [0.4, 0.5) is 0 Å². The van der Waals surface area contributed by atoms with Gasteiger partial charge in [0.1, 0.15) is 5.75 Å². The van der Waals surface area contributed by atoms with Crippen LogP contribution < -0.4 is 0 Å². The van der Waals surface area contributed by atoms with Gasteiger partial charge in [-0.1, -0.05) is 34.1 Å². The van der Waals surface area contributed by atoms with Crippen LogP contribution in [0, 0.1) is 29.6 Å². The third kappa shape index (κ3) is 1.91. The lowest BCUT2D eigenvalue weighted by molar-refractivity contribution is -0.0983. The van der Waals surface area contributed by atoms with Crippen molar-refractivity contribution in [2.45, 2.75) is 78.6 Å². The highest BCUT2D eigenvalue weighted by molar-refractivity contribution is 5.50. The van der Waals surface area contributed by atoms with Crippen molar-refractivity contribution < 1.29 is 5.11 Å². The van der Waals surface area contributed by atoms with Gasteiger partial charge in [-0.05, 0) is 95.9 Å². The normalized spacial score (nSPS) is 41.1. The van der Waals surface area contributed by atoms with E-state index in [0.29, 0.717) is 22.0 Å². The van der Waals surface area contributed by atoms with Gasteiger partial charge in [-0.3, -0.25) is 0 Å². The van der Waals surface area contributed by atoms with Gasteiger partial charge in [0.15, 0.2) is 0 Å². The largest absolute Gasteiger partial charge is 0.508 e. The number of fused-ring (bicyclic) bond motifs is 5. The zero-order chi connectivity index (χ0) is 16.6. The van der Waals surface area contributed by atoms with Gasteiger partial charge in [0.05, 0.1) is 0 Å². The summed E-state index contributed by atoms with van der Waals surface area (Å²) in [4.78, 5) is 0. The van der Waals surface area contributed by atoms with Gasteiger partial charge < -0.3 is 5.11 Å². The minimum absolute atomic E-state index is 0.311. The summed E-state index contributed by atoms with van der Waals surface area (Å²) in [5.74, 6) is 2.04. The number of aryl methyl sites for hydroxylation is 1. The molecule has 2 fully saturated rings. The summed E-state index contributed by atoms with van der Waals surface area (Å²) in [6.07, 6.45) is 8.03. The van der Waals surface area contributed by atoms with E-state index in [9.17, 15) is 5.11 Å². The lowest BCUT2D eigenvalue weighted by Crippen LogP contribution is -2.55. The van der Waals surface area contributed by atoms with Gasteiger partial charge in [0, 0.05) is 0 Å². The Labute approximate surface area is 141 Å². The molecule has 3 aliphatic carbocycles. The van der Waals surface area contributed by atoms with Crippen molar-refractivity contribution in [2.24, 2.45) is 22.7 Å². The van der Waals surface area contributed by atoms with Crippen molar-refractivity contribution in [1.29, 1.82) is 0 Å². The summed E-state index contributed by atoms with van der Waals surface area (Å²) >= 11 is 0. The first kappa shape index (κ1) is 15.5. The maximum absolute atomic E-state index is 10.1. The third-order valence-electron chi connectivity index (χ3n) is 8.19. The molecule has 1 aromatic rings. The van der Waals surface area contributed by atoms with E-state index in [1.54, 1.807) is 5.56 Å². The third-order valence-corrected chi connectivity index (χ3v) is 8.19. The van der Waals surface area contributed by atoms with Crippen molar-refractivity contribution in [3.05, 3.63) is 28.8 Å². The average Bonchev–Trinajstić information content (AvgIpc) is 2.71. The van der Waals surface area contributed by atoms with Gasteiger partial charge in [-0.25, -0.2) is 0 Å². The Hall–Kier alpha value is -0.980. The monoisotopic (exact) mass is 312 g/mol. The molecule has 0 spiro atoms. The number of benzene rings is 1. The van der Waals surface area contributed by atoms with E-state index in [0.717, 1.165) is 11.8 Å². The molecule has 0 heterocycles. The van der Waals surface area contributed by atoms with E-state index in [2.05, 4.69) is 40.7 Å². The van der Waals surface area contributed by atoms with Crippen LogP contribution in [0.15, 0.2) is 12.1 Å². The number of aromatic hydroxyl groups is 1.